The third-order valence-electron chi connectivity index (χ3n) is 3.44. The third kappa shape index (κ3) is 4.45. The molecule has 0 bridgehead atoms. The summed E-state index contributed by atoms with van der Waals surface area (Å²) in [5, 5.41) is 3.62. The van der Waals surface area contributed by atoms with Crippen molar-refractivity contribution < 1.29 is 18.8 Å². The highest BCUT2D eigenvalue weighted by atomic mass is 19.1. The van der Waals surface area contributed by atoms with Gasteiger partial charge in [-0.25, -0.2) is 9.18 Å². The largest absolute Gasteiger partial charge is 0.457 e. The van der Waals surface area contributed by atoms with Gasteiger partial charge in [-0.15, -0.1) is 0 Å². The second kappa shape index (κ2) is 7.94. The molecule has 0 atom stereocenters. The molecule has 5 nitrogen and oxygen atoms in total. The minimum atomic E-state index is -0.725. The van der Waals surface area contributed by atoms with Gasteiger partial charge in [-0.3, -0.25) is 0 Å². The number of oxime groups is 1. The Balaban J connectivity index is 1.63. The van der Waals surface area contributed by atoms with Crippen LogP contribution in [0.15, 0.2) is 84.0 Å². The Bertz CT molecular complexity index is 908. The van der Waals surface area contributed by atoms with E-state index in [-0.39, 0.29) is 11.4 Å². The summed E-state index contributed by atoms with van der Waals surface area (Å²) in [5.74, 6) is 0.220. The number of benzene rings is 3. The van der Waals surface area contributed by atoms with E-state index in [1.165, 1.54) is 12.1 Å². The molecule has 0 aliphatic rings. The van der Waals surface area contributed by atoms with Gasteiger partial charge in [0.25, 0.3) is 0 Å². The molecule has 2 N–H and O–H groups in total. The summed E-state index contributed by atoms with van der Waals surface area (Å²) in [6, 6.07) is 21.1. The van der Waals surface area contributed by atoms with Crippen molar-refractivity contribution in [2.75, 3.05) is 0 Å². The van der Waals surface area contributed by atoms with Gasteiger partial charge in [0, 0.05) is 5.56 Å². The van der Waals surface area contributed by atoms with E-state index >= 15 is 0 Å². The highest BCUT2D eigenvalue weighted by molar-refractivity contribution is 5.98. The molecular formula is C20H15FN2O3. The van der Waals surface area contributed by atoms with Crippen LogP contribution in [0.5, 0.6) is 11.5 Å². The maximum absolute atomic E-state index is 12.8. The first kappa shape index (κ1) is 17.2. The standard InChI is InChI=1S/C20H15FN2O3/c21-16-10-6-15(7-11-16)20(24)26-23-19(22)14-8-12-18(13-9-14)25-17-4-2-1-3-5-17/h1-13H,(H2,22,23). The molecule has 6 heteroatoms. The van der Waals surface area contributed by atoms with Crippen LogP contribution in [0.3, 0.4) is 0 Å². The molecule has 0 amide bonds. The fraction of sp³-hybridized carbons (Fsp3) is 0. The van der Waals surface area contributed by atoms with Crippen molar-refractivity contribution in [2.24, 2.45) is 10.9 Å². The van der Waals surface area contributed by atoms with Crippen molar-refractivity contribution in [1.82, 2.24) is 0 Å². The number of carbonyl (C=O) groups excluding carboxylic acids is 1. The smallest absolute Gasteiger partial charge is 0.365 e. The van der Waals surface area contributed by atoms with Crippen molar-refractivity contribution in [3.8, 4) is 11.5 Å². The van der Waals surface area contributed by atoms with Crippen molar-refractivity contribution in [1.29, 1.82) is 0 Å². The van der Waals surface area contributed by atoms with Crippen LogP contribution in [-0.2, 0) is 4.84 Å². The Morgan fingerprint density at radius 3 is 2.04 bits per heavy atom. The van der Waals surface area contributed by atoms with E-state index in [2.05, 4.69) is 5.16 Å². The Hall–Kier alpha value is -3.67. The molecule has 0 saturated heterocycles. The molecule has 0 aliphatic heterocycles. The summed E-state index contributed by atoms with van der Waals surface area (Å²) in [6.45, 7) is 0. The molecule has 0 aromatic heterocycles. The predicted octanol–water partition coefficient (Wildman–Crippen LogP) is 4.10. The number of hydrogen-bond donors (Lipinski definition) is 1. The lowest BCUT2D eigenvalue weighted by Gasteiger charge is -2.06. The predicted molar refractivity (Wildman–Crippen MR) is 95.5 cm³/mol. The van der Waals surface area contributed by atoms with Gasteiger partial charge >= 0.3 is 5.97 Å². The van der Waals surface area contributed by atoms with Gasteiger partial charge in [-0.1, -0.05) is 23.4 Å². The normalized spacial score (nSPS) is 11.0. The first-order valence-electron chi connectivity index (χ1n) is 7.75. The van der Waals surface area contributed by atoms with E-state index in [0.717, 1.165) is 17.9 Å². The molecule has 3 aromatic carbocycles. The summed E-state index contributed by atoms with van der Waals surface area (Å²) >= 11 is 0. The number of halogens is 1. The maximum Gasteiger partial charge on any atom is 0.365 e. The number of nitrogens with zero attached hydrogens (tertiary/aromatic N) is 1. The second-order valence-corrected chi connectivity index (χ2v) is 5.30. The zero-order chi connectivity index (χ0) is 18.4. The summed E-state index contributed by atoms with van der Waals surface area (Å²) < 4.78 is 18.5. The van der Waals surface area contributed by atoms with E-state index in [0.29, 0.717) is 11.3 Å². The average molecular weight is 350 g/mol. The van der Waals surface area contributed by atoms with Gasteiger partial charge in [-0.2, -0.15) is 0 Å². The fourth-order valence-corrected chi connectivity index (χ4v) is 2.10. The molecule has 3 aromatic rings. The molecule has 0 aliphatic carbocycles. The van der Waals surface area contributed by atoms with Crippen molar-refractivity contribution in [3.05, 3.63) is 95.8 Å². The van der Waals surface area contributed by atoms with Gasteiger partial charge in [0.05, 0.1) is 5.56 Å². The summed E-state index contributed by atoms with van der Waals surface area (Å²) in [4.78, 5) is 16.6. The monoisotopic (exact) mass is 350 g/mol. The lowest BCUT2D eigenvalue weighted by Crippen LogP contribution is -2.15. The minimum absolute atomic E-state index is 0.0340. The molecule has 0 heterocycles. The lowest BCUT2D eigenvalue weighted by atomic mass is 10.2. The number of ether oxygens (including phenoxy) is 1. The molecule has 3 rings (SSSR count). The number of nitrogens with two attached hydrogens (primary N) is 1. The summed E-state index contributed by atoms with van der Waals surface area (Å²) in [7, 11) is 0. The maximum atomic E-state index is 12.8. The number of rotatable bonds is 5. The van der Waals surface area contributed by atoms with Crippen LogP contribution in [0, 0.1) is 5.82 Å². The van der Waals surface area contributed by atoms with Gasteiger partial charge < -0.3 is 15.3 Å². The Morgan fingerprint density at radius 1 is 0.808 bits per heavy atom. The van der Waals surface area contributed by atoms with Crippen LogP contribution in [0.1, 0.15) is 15.9 Å². The zero-order valence-corrected chi connectivity index (χ0v) is 13.6. The van der Waals surface area contributed by atoms with Crippen LogP contribution in [0.25, 0.3) is 0 Å². The van der Waals surface area contributed by atoms with Crippen molar-refractivity contribution in [3.63, 3.8) is 0 Å². The highest BCUT2D eigenvalue weighted by Gasteiger charge is 2.08. The number of hydrogen-bond acceptors (Lipinski definition) is 4. The van der Waals surface area contributed by atoms with Crippen LogP contribution in [-0.4, -0.2) is 11.8 Å². The fourth-order valence-electron chi connectivity index (χ4n) is 2.10. The highest BCUT2D eigenvalue weighted by Crippen LogP contribution is 2.21. The van der Waals surface area contributed by atoms with E-state index in [1.807, 2.05) is 30.3 Å². The van der Waals surface area contributed by atoms with Crippen molar-refractivity contribution >= 4 is 11.8 Å². The molecule has 0 saturated carbocycles. The SMILES string of the molecule is N/C(=N\OC(=O)c1ccc(F)cc1)c1ccc(Oc2ccccc2)cc1. The second-order valence-electron chi connectivity index (χ2n) is 5.30. The van der Waals surface area contributed by atoms with E-state index in [9.17, 15) is 9.18 Å². The molecular weight excluding hydrogens is 335 g/mol. The third-order valence-corrected chi connectivity index (χ3v) is 3.44. The molecule has 0 unspecified atom stereocenters. The Morgan fingerprint density at radius 2 is 1.38 bits per heavy atom. The molecule has 26 heavy (non-hydrogen) atoms. The molecule has 0 radical (unpaired) electrons. The number of para-hydroxylation sites is 1. The van der Waals surface area contributed by atoms with Gasteiger partial charge in [0.15, 0.2) is 5.84 Å². The molecule has 0 fully saturated rings. The topological polar surface area (TPSA) is 73.9 Å². The number of amidine groups is 1. The number of carbonyl (C=O) groups is 1. The van der Waals surface area contributed by atoms with Crippen LogP contribution in [0.4, 0.5) is 4.39 Å². The van der Waals surface area contributed by atoms with Gasteiger partial charge in [0.2, 0.25) is 0 Å². The van der Waals surface area contributed by atoms with Gasteiger partial charge in [-0.05, 0) is 60.7 Å². The molecule has 0 spiro atoms. The van der Waals surface area contributed by atoms with Crippen molar-refractivity contribution in [2.45, 2.75) is 0 Å². The van der Waals surface area contributed by atoms with Crippen LogP contribution >= 0.6 is 0 Å². The zero-order valence-electron chi connectivity index (χ0n) is 13.6. The molecule has 130 valence electrons. The summed E-state index contributed by atoms with van der Waals surface area (Å²) in [6.07, 6.45) is 0. The average Bonchev–Trinajstić information content (AvgIpc) is 2.68. The summed E-state index contributed by atoms with van der Waals surface area (Å²) in [5.41, 5.74) is 6.56. The minimum Gasteiger partial charge on any atom is -0.457 e. The van der Waals surface area contributed by atoms with Crippen LogP contribution in [0.2, 0.25) is 0 Å². The van der Waals surface area contributed by atoms with E-state index in [4.69, 9.17) is 15.3 Å². The first-order chi connectivity index (χ1) is 12.6. The lowest BCUT2D eigenvalue weighted by molar-refractivity contribution is 0.0516. The van der Waals surface area contributed by atoms with Crippen LogP contribution < -0.4 is 10.5 Å². The first-order valence-corrected chi connectivity index (χ1v) is 7.75. The Kier molecular flexibility index (Phi) is 5.24. The van der Waals surface area contributed by atoms with Gasteiger partial charge in [0.1, 0.15) is 17.3 Å². The quantitative estimate of drug-likeness (QED) is 0.325. The van der Waals surface area contributed by atoms with E-state index < -0.39 is 11.8 Å². The Labute approximate surface area is 149 Å². The van der Waals surface area contributed by atoms with E-state index in [1.54, 1.807) is 24.3 Å².